The topological polar surface area (TPSA) is 42.4 Å². The van der Waals surface area contributed by atoms with Crippen LogP contribution in [0.1, 0.15) is 11.5 Å². The Bertz CT molecular complexity index is 312. The summed E-state index contributed by atoms with van der Waals surface area (Å²) in [6, 6.07) is 4.08. The van der Waals surface area contributed by atoms with Crippen LogP contribution in [0.15, 0.2) is 29.2 Å². The molecule has 1 aromatic rings. The van der Waals surface area contributed by atoms with Crippen LogP contribution >= 0.6 is 11.8 Å². The van der Waals surface area contributed by atoms with Gasteiger partial charge in [-0.3, -0.25) is 4.90 Å². The molecule has 0 fully saturated rings. The van der Waals surface area contributed by atoms with E-state index >= 15 is 0 Å². The summed E-state index contributed by atoms with van der Waals surface area (Å²) >= 11 is 1.80. The quantitative estimate of drug-likeness (QED) is 0.558. The molecule has 1 rings (SSSR count). The minimum atomic E-state index is 0.723. The average Bonchev–Trinajstić information content (AvgIpc) is 2.66. The summed E-state index contributed by atoms with van der Waals surface area (Å²) in [4.78, 5) is 2.16. The number of nitrogens with two attached hydrogens (primary N) is 1. The monoisotopic (exact) mass is 240 g/mol. The number of hydrogen-bond donors (Lipinski definition) is 1. The lowest BCUT2D eigenvalue weighted by Crippen LogP contribution is -2.16. The molecule has 2 N–H and O–H groups in total. The lowest BCUT2D eigenvalue weighted by molar-refractivity contribution is 0.318. The molecule has 1 aromatic heterocycles. The van der Waals surface area contributed by atoms with Crippen molar-refractivity contribution in [2.75, 3.05) is 25.9 Å². The Kier molecular flexibility index (Phi) is 6.30. The van der Waals surface area contributed by atoms with Gasteiger partial charge < -0.3 is 10.2 Å². The second-order valence-electron chi connectivity index (χ2n) is 3.69. The molecule has 0 amide bonds. The maximum atomic E-state index is 5.71. The third kappa shape index (κ3) is 4.88. The number of furan rings is 1. The zero-order valence-electron chi connectivity index (χ0n) is 9.82. The van der Waals surface area contributed by atoms with Crippen LogP contribution in [0.25, 0.3) is 0 Å². The zero-order chi connectivity index (χ0) is 11.8. The number of thioether (sulfide) groups is 1. The summed E-state index contributed by atoms with van der Waals surface area (Å²) in [5, 5.41) is 0. The van der Waals surface area contributed by atoms with E-state index in [1.54, 1.807) is 11.8 Å². The maximum Gasteiger partial charge on any atom is 0.118 e. The first-order chi connectivity index (χ1) is 7.76. The van der Waals surface area contributed by atoms with Crippen LogP contribution in [-0.2, 0) is 12.3 Å². The van der Waals surface area contributed by atoms with Crippen molar-refractivity contribution < 1.29 is 4.42 Å². The number of likely N-dealkylation sites (N-methyl/N-ethyl adjacent to an activating group) is 1. The molecule has 0 saturated carbocycles. The highest BCUT2D eigenvalue weighted by atomic mass is 32.2. The molecule has 0 spiro atoms. The molecular formula is C12H20N2OS. The summed E-state index contributed by atoms with van der Waals surface area (Å²) in [6.45, 7) is 6.13. The summed E-state index contributed by atoms with van der Waals surface area (Å²) in [6.07, 6.45) is 1.89. The van der Waals surface area contributed by atoms with Gasteiger partial charge in [0.25, 0.3) is 0 Å². The van der Waals surface area contributed by atoms with Gasteiger partial charge in [0.1, 0.15) is 11.5 Å². The standard InChI is InChI=1S/C12H20N2OS/c1-3-7-14(2)9-11-4-5-12(15-11)10-16-8-6-13/h3-5H,1,6-10,13H2,2H3. The van der Waals surface area contributed by atoms with Gasteiger partial charge in [-0.15, -0.1) is 6.58 Å². The molecule has 0 saturated heterocycles. The number of nitrogens with zero attached hydrogens (tertiary/aromatic N) is 1. The summed E-state index contributed by atoms with van der Waals surface area (Å²) in [5.41, 5.74) is 5.43. The molecule has 0 unspecified atom stereocenters. The van der Waals surface area contributed by atoms with Crippen LogP contribution < -0.4 is 5.73 Å². The third-order valence-corrected chi connectivity index (χ3v) is 3.10. The second-order valence-corrected chi connectivity index (χ2v) is 4.80. The van der Waals surface area contributed by atoms with E-state index < -0.39 is 0 Å². The summed E-state index contributed by atoms with van der Waals surface area (Å²) in [7, 11) is 2.05. The molecule has 3 nitrogen and oxygen atoms in total. The lowest BCUT2D eigenvalue weighted by Gasteiger charge is -2.11. The highest BCUT2D eigenvalue weighted by Gasteiger charge is 2.04. The van der Waals surface area contributed by atoms with Crippen LogP contribution in [0.2, 0.25) is 0 Å². The van der Waals surface area contributed by atoms with Crippen LogP contribution in [0.3, 0.4) is 0 Å². The van der Waals surface area contributed by atoms with Gasteiger partial charge in [0.2, 0.25) is 0 Å². The SMILES string of the molecule is C=CCN(C)Cc1ccc(CSCCN)o1. The predicted octanol–water partition coefficient (Wildman–Crippen LogP) is 2.09. The van der Waals surface area contributed by atoms with Gasteiger partial charge in [-0.1, -0.05) is 6.08 Å². The largest absolute Gasteiger partial charge is 0.464 e. The first kappa shape index (κ1) is 13.4. The van der Waals surface area contributed by atoms with E-state index in [-0.39, 0.29) is 0 Å². The van der Waals surface area contributed by atoms with Crippen LogP contribution in [0, 0.1) is 0 Å². The molecule has 4 heteroatoms. The smallest absolute Gasteiger partial charge is 0.118 e. The van der Waals surface area contributed by atoms with Crippen molar-refractivity contribution in [1.82, 2.24) is 4.90 Å². The van der Waals surface area contributed by atoms with E-state index in [9.17, 15) is 0 Å². The zero-order valence-corrected chi connectivity index (χ0v) is 10.6. The fourth-order valence-corrected chi connectivity index (χ4v) is 2.06. The molecule has 0 aromatic carbocycles. The first-order valence-corrected chi connectivity index (χ1v) is 6.56. The third-order valence-electron chi connectivity index (χ3n) is 2.09. The maximum absolute atomic E-state index is 5.71. The van der Waals surface area contributed by atoms with Gasteiger partial charge in [0.15, 0.2) is 0 Å². The highest BCUT2D eigenvalue weighted by molar-refractivity contribution is 7.98. The normalized spacial score (nSPS) is 10.9. The Morgan fingerprint density at radius 2 is 2.25 bits per heavy atom. The molecule has 0 aliphatic rings. The Labute approximate surface area is 102 Å². The summed E-state index contributed by atoms with van der Waals surface area (Å²) in [5.74, 6) is 3.92. The Morgan fingerprint density at radius 3 is 2.94 bits per heavy atom. The highest BCUT2D eigenvalue weighted by Crippen LogP contribution is 2.15. The Hall–Kier alpha value is -0.710. The fourth-order valence-electron chi connectivity index (χ4n) is 1.39. The molecule has 0 radical (unpaired) electrons. The average molecular weight is 240 g/mol. The molecular weight excluding hydrogens is 220 g/mol. The van der Waals surface area contributed by atoms with Gasteiger partial charge in [0, 0.05) is 18.8 Å². The molecule has 0 aliphatic heterocycles. The van der Waals surface area contributed by atoms with Crippen molar-refractivity contribution in [1.29, 1.82) is 0 Å². The van der Waals surface area contributed by atoms with Gasteiger partial charge in [-0.2, -0.15) is 11.8 Å². The second kappa shape index (κ2) is 7.54. The number of hydrogen-bond acceptors (Lipinski definition) is 4. The summed E-state index contributed by atoms with van der Waals surface area (Å²) < 4.78 is 5.71. The fraction of sp³-hybridized carbons (Fsp3) is 0.500. The predicted molar refractivity (Wildman–Crippen MR) is 70.5 cm³/mol. The minimum Gasteiger partial charge on any atom is -0.464 e. The van der Waals surface area contributed by atoms with Crippen molar-refractivity contribution in [2.24, 2.45) is 5.73 Å². The van der Waals surface area contributed by atoms with E-state index in [1.807, 2.05) is 25.3 Å². The van der Waals surface area contributed by atoms with Crippen LogP contribution in [0.4, 0.5) is 0 Å². The minimum absolute atomic E-state index is 0.723. The van der Waals surface area contributed by atoms with E-state index in [2.05, 4.69) is 11.5 Å². The van der Waals surface area contributed by atoms with E-state index in [0.717, 1.165) is 42.7 Å². The molecule has 0 bridgehead atoms. The molecule has 1 heterocycles. The van der Waals surface area contributed by atoms with Crippen LogP contribution in [0.5, 0.6) is 0 Å². The van der Waals surface area contributed by atoms with Gasteiger partial charge >= 0.3 is 0 Å². The number of rotatable bonds is 8. The van der Waals surface area contributed by atoms with Crippen molar-refractivity contribution in [3.05, 3.63) is 36.3 Å². The van der Waals surface area contributed by atoms with Crippen molar-refractivity contribution in [2.45, 2.75) is 12.3 Å². The van der Waals surface area contributed by atoms with E-state index in [4.69, 9.17) is 10.2 Å². The van der Waals surface area contributed by atoms with E-state index in [0.29, 0.717) is 0 Å². The molecule has 0 atom stereocenters. The van der Waals surface area contributed by atoms with Gasteiger partial charge in [-0.05, 0) is 19.2 Å². The first-order valence-electron chi connectivity index (χ1n) is 5.41. The Morgan fingerprint density at radius 1 is 1.50 bits per heavy atom. The molecule has 90 valence electrons. The van der Waals surface area contributed by atoms with Crippen LogP contribution in [-0.4, -0.2) is 30.8 Å². The van der Waals surface area contributed by atoms with Crippen molar-refractivity contribution in [3.8, 4) is 0 Å². The van der Waals surface area contributed by atoms with Gasteiger partial charge in [-0.25, -0.2) is 0 Å². The van der Waals surface area contributed by atoms with Crippen molar-refractivity contribution >= 4 is 11.8 Å². The van der Waals surface area contributed by atoms with E-state index in [1.165, 1.54) is 0 Å². The lowest BCUT2D eigenvalue weighted by atomic mass is 10.4. The van der Waals surface area contributed by atoms with Crippen molar-refractivity contribution in [3.63, 3.8) is 0 Å². The molecule has 0 aliphatic carbocycles. The van der Waals surface area contributed by atoms with Gasteiger partial charge in [0.05, 0.1) is 12.3 Å². The Balaban J connectivity index is 2.35. The molecule has 16 heavy (non-hydrogen) atoms.